The fourth-order valence-electron chi connectivity index (χ4n) is 1.75. The molecule has 0 aliphatic carbocycles. The van der Waals surface area contributed by atoms with Crippen LogP contribution in [-0.4, -0.2) is 14.5 Å². The predicted molar refractivity (Wildman–Crippen MR) is 71.0 cm³/mol. The molecular weight excluding hydrogens is 280 g/mol. The van der Waals surface area contributed by atoms with Gasteiger partial charge in [0, 0.05) is 0 Å². The maximum Gasteiger partial charge on any atom is 0.152 e. The van der Waals surface area contributed by atoms with Gasteiger partial charge in [0.25, 0.3) is 0 Å². The third kappa shape index (κ3) is 1.68. The summed E-state index contributed by atoms with van der Waals surface area (Å²) in [4.78, 5) is 8.65. The number of hydrogen-bond donors (Lipinski definition) is 1. The lowest BCUT2D eigenvalue weighted by atomic mass is 10.3. The van der Waals surface area contributed by atoms with Crippen LogP contribution >= 0.6 is 15.9 Å². The Balaban J connectivity index is 2.27. The highest BCUT2D eigenvalue weighted by Crippen LogP contribution is 2.24. The fraction of sp³-hybridized carbons (Fsp3) is 0. The average Bonchev–Trinajstić information content (AvgIpc) is 2.73. The van der Waals surface area contributed by atoms with Gasteiger partial charge < -0.3 is 5.73 Å². The molecule has 2 heterocycles. The van der Waals surface area contributed by atoms with Crippen molar-refractivity contribution in [2.75, 3.05) is 5.73 Å². The average molecular weight is 289 g/mol. The lowest BCUT2D eigenvalue weighted by molar-refractivity contribution is 1.01. The van der Waals surface area contributed by atoms with E-state index >= 15 is 0 Å². The lowest BCUT2D eigenvalue weighted by Crippen LogP contribution is -1.98. The summed E-state index contributed by atoms with van der Waals surface area (Å²) in [6.45, 7) is 0. The van der Waals surface area contributed by atoms with Crippen molar-refractivity contribution in [3.8, 4) is 5.82 Å². The van der Waals surface area contributed by atoms with Gasteiger partial charge in [0.1, 0.15) is 6.33 Å². The Hall–Kier alpha value is -1.88. The third-order valence-electron chi connectivity index (χ3n) is 2.52. The van der Waals surface area contributed by atoms with Gasteiger partial charge in [-0.2, -0.15) is 0 Å². The van der Waals surface area contributed by atoms with Crippen molar-refractivity contribution in [3.05, 3.63) is 47.3 Å². The molecule has 0 saturated carbocycles. The molecule has 2 N–H and O–H groups in total. The van der Waals surface area contributed by atoms with Crippen LogP contribution in [-0.2, 0) is 0 Å². The predicted octanol–water partition coefficient (Wildman–Crippen LogP) is 2.77. The molecule has 0 atom stereocenters. The number of nitrogens with two attached hydrogens (primary N) is 1. The number of fused-ring (bicyclic) bond motifs is 1. The normalized spacial score (nSPS) is 10.9. The van der Waals surface area contributed by atoms with Gasteiger partial charge in [-0.05, 0) is 34.1 Å². The van der Waals surface area contributed by atoms with Crippen LogP contribution in [0.25, 0.3) is 16.9 Å². The Morgan fingerprint density at radius 1 is 1.18 bits per heavy atom. The molecule has 0 radical (unpaired) electrons. The van der Waals surface area contributed by atoms with E-state index in [4.69, 9.17) is 5.73 Å². The summed E-state index contributed by atoms with van der Waals surface area (Å²) < 4.78 is 2.78. The number of anilines is 1. The van der Waals surface area contributed by atoms with Gasteiger partial charge in [-0.25, -0.2) is 9.97 Å². The first-order valence-electron chi connectivity index (χ1n) is 5.09. The number of hydrogen-bond acceptors (Lipinski definition) is 3. The molecule has 1 aromatic carbocycles. The summed E-state index contributed by atoms with van der Waals surface area (Å²) in [5.41, 5.74) is 8.27. The van der Waals surface area contributed by atoms with Crippen molar-refractivity contribution in [3.63, 3.8) is 0 Å². The first-order chi connectivity index (χ1) is 8.25. The maximum absolute atomic E-state index is 5.68. The molecule has 0 amide bonds. The monoisotopic (exact) mass is 288 g/mol. The van der Waals surface area contributed by atoms with Gasteiger partial charge in [0.2, 0.25) is 0 Å². The Morgan fingerprint density at radius 2 is 2.00 bits per heavy atom. The lowest BCUT2D eigenvalue weighted by Gasteiger charge is -2.06. The zero-order valence-corrected chi connectivity index (χ0v) is 10.4. The third-order valence-corrected chi connectivity index (χ3v) is 3.11. The topological polar surface area (TPSA) is 56.7 Å². The number of halogens is 1. The van der Waals surface area contributed by atoms with Crippen LogP contribution < -0.4 is 5.73 Å². The molecule has 0 bridgehead atoms. The van der Waals surface area contributed by atoms with E-state index in [0.29, 0.717) is 5.69 Å². The van der Waals surface area contributed by atoms with Crippen LogP contribution in [0.2, 0.25) is 0 Å². The van der Waals surface area contributed by atoms with Crippen LogP contribution in [0.1, 0.15) is 0 Å². The molecule has 0 aliphatic rings. The van der Waals surface area contributed by atoms with Crippen LogP contribution in [0.5, 0.6) is 0 Å². The number of aromatic nitrogens is 3. The van der Waals surface area contributed by atoms with Gasteiger partial charge >= 0.3 is 0 Å². The van der Waals surface area contributed by atoms with Gasteiger partial charge in [0.15, 0.2) is 5.82 Å². The molecule has 0 spiro atoms. The molecule has 3 aromatic rings. The number of benzene rings is 1. The summed E-state index contributed by atoms with van der Waals surface area (Å²) in [6.07, 6.45) is 3.39. The molecule has 0 unspecified atom stereocenters. The van der Waals surface area contributed by atoms with Crippen LogP contribution in [0, 0.1) is 0 Å². The number of pyridine rings is 1. The summed E-state index contributed by atoms with van der Waals surface area (Å²) in [5.74, 6) is 0.785. The minimum absolute atomic E-state index is 0.630. The van der Waals surface area contributed by atoms with Gasteiger partial charge in [0.05, 0.1) is 27.4 Å². The number of rotatable bonds is 1. The Bertz CT molecular complexity index is 690. The first kappa shape index (κ1) is 10.3. The van der Waals surface area contributed by atoms with Gasteiger partial charge in [-0.15, -0.1) is 0 Å². The molecule has 5 heteroatoms. The van der Waals surface area contributed by atoms with E-state index in [1.807, 2.05) is 34.9 Å². The second-order valence-electron chi connectivity index (χ2n) is 3.68. The number of nitrogen functional groups attached to an aromatic ring is 1. The number of nitrogens with zero attached hydrogens (tertiary/aromatic N) is 3. The molecule has 0 saturated heterocycles. The first-order valence-corrected chi connectivity index (χ1v) is 5.88. The summed E-state index contributed by atoms with van der Waals surface area (Å²) in [6, 6.07) is 9.75. The largest absolute Gasteiger partial charge is 0.397 e. The standard InChI is InChI=1S/C12H9BrN4/c13-9-5-8(14)6-15-12(9)17-7-16-10-3-1-2-4-11(10)17/h1-7H,14H2. The number of imidazole rings is 1. The van der Waals surface area contributed by atoms with Crippen molar-refractivity contribution in [1.29, 1.82) is 0 Å². The number of para-hydroxylation sites is 2. The highest BCUT2D eigenvalue weighted by atomic mass is 79.9. The van der Waals surface area contributed by atoms with E-state index in [1.54, 1.807) is 12.5 Å². The van der Waals surface area contributed by atoms with Crippen molar-refractivity contribution in [2.24, 2.45) is 0 Å². The summed E-state index contributed by atoms with van der Waals surface area (Å²) in [5, 5.41) is 0. The van der Waals surface area contributed by atoms with E-state index in [2.05, 4.69) is 25.9 Å². The van der Waals surface area contributed by atoms with E-state index in [1.165, 1.54) is 0 Å². The highest BCUT2D eigenvalue weighted by Gasteiger charge is 2.08. The van der Waals surface area contributed by atoms with Crippen molar-refractivity contribution < 1.29 is 0 Å². The SMILES string of the molecule is Nc1cnc(-n2cnc3ccccc32)c(Br)c1. The van der Waals surface area contributed by atoms with Crippen molar-refractivity contribution in [1.82, 2.24) is 14.5 Å². The Kier molecular flexibility index (Phi) is 2.33. The Morgan fingerprint density at radius 3 is 2.82 bits per heavy atom. The van der Waals surface area contributed by atoms with Crippen molar-refractivity contribution in [2.45, 2.75) is 0 Å². The van der Waals surface area contributed by atoms with Gasteiger partial charge in [-0.1, -0.05) is 12.1 Å². The van der Waals surface area contributed by atoms with E-state index in [0.717, 1.165) is 21.3 Å². The zero-order chi connectivity index (χ0) is 11.8. The Labute approximate surface area is 106 Å². The quantitative estimate of drug-likeness (QED) is 0.749. The molecule has 17 heavy (non-hydrogen) atoms. The summed E-state index contributed by atoms with van der Waals surface area (Å²) >= 11 is 3.46. The smallest absolute Gasteiger partial charge is 0.152 e. The maximum atomic E-state index is 5.68. The van der Waals surface area contributed by atoms with E-state index in [9.17, 15) is 0 Å². The van der Waals surface area contributed by atoms with Crippen molar-refractivity contribution >= 4 is 32.7 Å². The van der Waals surface area contributed by atoms with E-state index < -0.39 is 0 Å². The fourth-order valence-corrected chi connectivity index (χ4v) is 2.31. The van der Waals surface area contributed by atoms with Crippen LogP contribution in [0.15, 0.2) is 47.3 Å². The second-order valence-corrected chi connectivity index (χ2v) is 4.53. The molecular formula is C12H9BrN4. The van der Waals surface area contributed by atoms with Crippen LogP contribution in [0.4, 0.5) is 5.69 Å². The molecule has 2 aromatic heterocycles. The van der Waals surface area contributed by atoms with Gasteiger partial charge in [-0.3, -0.25) is 4.57 Å². The minimum atomic E-state index is 0.630. The molecule has 0 fully saturated rings. The highest BCUT2D eigenvalue weighted by molar-refractivity contribution is 9.10. The minimum Gasteiger partial charge on any atom is -0.397 e. The molecule has 4 nitrogen and oxygen atoms in total. The molecule has 3 rings (SSSR count). The van der Waals surface area contributed by atoms with E-state index in [-0.39, 0.29) is 0 Å². The van der Waals surface area contributed by atoms with Crippen LogP contribution in [0.3, 0.4) is 0 Å². The second kappa shape index (κ2) is 3.85. The zero-order valence-electron chi connectivity index (χ0n) is 8.84. The molecule has 0 aliphatic heterocycles. The molecule has 84 valence electrons. The summed E-state index contributed by atoms with van der Waals surface area (Å²) in [7, 11) is 0.